The van der Waals surface area contributed by atoms with E-state index in [9.17, 15) is 0 Å². The van der Waals surface area contributed by atoms with Crippen LogP contribution < -0.4 is 9.80 Å². The van der Waals surface area contributed by atoms with E-state index in [4.69, 9.17) is 0 Å². The summed E-state index contributed by atoms with van der Waals surface area (Å²) < 4.78 is 0. The number of hydrogen-bond acceptors (Lipinski definition) is 2. The molecule has 0 N–H and O–H groups in total. The molecule has 1 saturated heterocycles. The molecule has 69 heavy (non-hydrogen) atoms. The standard InChI is InChI=1S/C63H54N2S2.C2H6/c1-63(2)52-41-44(31-35-49(52)50-36-34-46(42-53(50)63)64-55-19-7-11-23-59(55)66(3,4)60-24-12-8-20-56(60)64)28-27-43-29-32-45(33-30-43)47-37-38-54(51-18-6-5-17-48(47)51)65-57-21-9-13-25-61(57)67(39-15-16-40-67)62-26-14-10-22-58(62)65;1-2/h5-14,17-38,41-42H,15-16,39-40H2,1-4H3;1-2H3/b28-27+;. The molecule has 342 valence electrons. The van der Waals surface area contributed by atoms with Gasteiger partial charge >= 0.3 is 0 Å². The molecule has 9 aromatic rings. The molecule has 3 aliphatic heterocycles. The molecule has 0 amide bonds. The molecule has 9 aromatic carbocycles. The highest BCUT2D eigenvalue weighted by molar-refractivity contribution is 8.34. The second-order valence-electron chi connectivity index (χ2n) is 19.7. The average Bonchev–Trinajstić information content (AvgIpc) is 3.97. The lowest BCUT2D eigenvalue weighted by atomic mass is 9.81. The van der Waals surface area contributed by atoms with Gasteiger partial charge < -0.3 is 9.80 Å². The monoisotopic (exact) mass is 932 g/mol. The number of nitrogens with zero attached hydrogens (tertiary/aromatic N) is 2. The van der Waals surface area contributed by atoms with E-state index in [1.807, 2.05) is 13.8 Å². The molecule has 1 spiro atoms. The lowest BCUT2D eigenvalue weighted by Crippen LogP contribution is -2.22. The van der Waals surface area contributed by atoms with Crippen LogP contribution in [0.4, 0.5) is 34.1 Å². The van der Waals surface area contributed by atoms with Gasteiger partial charge in [0.05, 0.1) is 28.4 Å². The smallest absolute Gasteiger partial charge is 0.0586 e. The fourth-order valence-corrected chi connectivity index (χ4v) is 19.0. The number of para-hydroxylation sites is 4. The lowest BCUT2D eigenvalue weighted by Gasteiger charge is -2.47. The molecule has 1 aliphatic carbocycles. The molecule has 0 radical (unpaired) electrons. The van der Waals surface area contributed by atoms with Gasteiger partial charge in [-0.3, -0.25) is 0 Å². The summed E-state index contributed by atoms with van der Waals surface area (Å²) in [6.07, 6.45) is 12.0. The van der Waals surface area contributed by atoms with E-state index in [1.54, 1.807) is 9.79 Å². The van der Waals surface area contributed by atoms with Crippen molar-refractivity contribution in [1.29, 1.82) is 0 Å². The number of benzene rings is 9. The van der Waals surface area contributed by atoms with Crippen LogP contribution in [0.3, 0.4) is 0 Å². The SMILES string of the molecule is CC.CC1(C)c2cc(/C=C/c3ccc(-c4ccc(N5c6ccccc6S6(CCCC6)c6ccccc65)c5ccccc45)cc3)ccc2-c2ccc(N3c4ccccc4S(C)(C)c4ccccc43)cc21. The Labute approximate surface area is 412 Å². The first-order chi connectivity index (χ1) is 33.7. The van der Waals surface area contributed by atoms with Crippen molar-refractivity contribution in [2.24, 2.45) is 0 Å². The maximum absolute atomic E-state index is 2.56. The van der Waals surface area contributed by atoms with E-state index in [0.717, 1.165) is 0 Å². The molecule has 0 atom stereocenters. The zero-order valence-electron chi connectivity index (χ0n) is 40.7. The third-order valence-electron chi connectivity index (χ3n) is 15.4. The Morgan fingerprint density at radius 3 is 1.49 bits per heavy atom. The predicted octanol–water partition coefficient (Wildman–Crippen LogP) is 19.1. The van der Waals surface area contributed by atoms with Crippen molar-refractivity contribution >= 4 is 77.1 Å². The van der Waals surface area contributed by atoms with Gasteiger partial charge in [-0.05, 0) is 153 Å². The molecule has 13 rings (SSSR count). The first-order valence-corrected chi connectivity index (χ1v) is 29.2. The minimum atomic E-state index is -1.15. The van der Waals surface area contributed by atoms with Crippen LogP contribution in [0, 0.1) is 0 Å². The highest BCUT2D eigenvalue weighted by Gasteiger charge is 2.42. The van der Waals surface area contributed by atoms with Crippen molar-refractivity contribution in [2.45, 2.75) is 65.5 Å². The molecule has 1 fully saturated rings. The molecule has 3 heterocycles. The van der Waals surface area contributed by atoms with Gasteiger partial charge in [-0.1, -0.05) is 167 Å². The van der Waals surface area contributed by atoms with Crippen LogP contribution >= 0.6 is 20.1 Å². The first kappa shape index (κ1) is 43.6. The van der Waals surface area contributed by atoms with Crippen LogP contribution in [0.25, 0.3) is 45.2 Å². The van der Waals surface area contributed by atoms with E-state index in [0.29, 0.717) is 0 Å². The fraction of sp³-hybridized carbons (Fsp3) is 0.169. The Balaban J connectivity index is 0.00000243. The van der Waals surface area contributed by atoms with Gasteiger partial charge in [-0.15, -0.1) is 0 Å². The van der Waals surface area contributed by atoms with Gasteiger partial charge in [-0.25, -0.2) is 0 Å². The summed E-state index contributed by atoms with van der Waals surface area (Å²) in [6.45, 7) is 8.79. The predicted molar refractivity (Wildman–Crippen MR) is 302 cm³/mol. The molecule has 0 unspecified atom stereocenters. The van der Waals surface area contributed by atoms with Gasteiger partial charge in [0, 0.05) is 36.1 Å². The Kier molecular flexibility index (Phi) is 10.6. The van der Waals surface area contributed by atoms with Crippen molar-refractivity contribution in [3.63, 3.8) is 0 Å². The summed E-state index contributed by atoms with van der Waals surface area (Å²) in [6, 6.07) is 73.6. The fourth-order valence-electron chi connectivity index (χ4n) is 12.0. The summed E-state index contributed by atoms with van der Waals surface area (Å²) in [5.41, 5.74) is 18.0. The third kappa shape index (κ3) is 6.70. The van der Waals surface area contributed by atoms with Gasteiger partial charge in [0.1, 0.15) is 0 Å². The molecular weight excluding hydrogens is 873 g/mol. The zero-order chi connectivity index (χ0) is 47.1. The van der Waals surface area contributed by atoms with Crippen LogP contribution in [0.15, 0.2) is 214 Å². The highest BCUT2D eigenvalue weighted by atomic mass is 32.3. The maximum atomic E-state index is 2.56. The second-order valence-corrected chi connectivity index (χ2v) is 26.7. The number of rotatable bonds is 5. The van der Waals surface area contributed by atoms with Crippen molar-refractivity contribution in [1.82, 2.24) is 0 Å². The quantitative estimate of drug-likeness (QED) is 0.159. The first-order valence-electron chi connectivity index (χ1n) is 24.8. The molecule has 4 heteroatoms. The van der Waals surface area contributed by atoms with Crippen molar-refractivity contribution in [2.75, 3.05) is 33.8 Å². The number of anilines is 6. The molecule has 0 saturated carbocycles. The van der Waals surface area contributed by atoms with Crippen LogP contribution in [0.5, 0.6) is 0 Å². The number of hydrogen-bond donors (Lipinski definition) is 0. The van der Waals surface area contributed by atoms with E-state index in [1.165, 1.54) is 124 Å². The Hall–Kier alpha value is -6.72. The molecule has 2 nitrogen and oxygen atoms in total. The average molecular weight is 933 g/mol. The van der Waals surface area contributed by atoms with E-state index >= 15 is 0 Å². The van der Waals surface area contributed by atoms with Crippen molar-refractivity contribution in [3.8, 4) is 22.3 Å². The van der Waals surface area contributed by atoms with Crippen molar-refractivity contribution < 1.29 is 0 Å². The topological polar surface area (TPSA) is 6.48 Å². The van der Waals surface area contributed by atoms with Crippen LogP contribution in [-0.2, 0) is 5.41 Å². The van der Waals surface area contributed by atoms with E-state index in [2.05, 4.69) is 242 Å². The largest absolute Gasteiger partial charge is 0.308 e. The lowest BCUT2D eigenvalue weighted by molar-refractivity contribution is 0.660. The van der Waals surface area contributed by atoms with Crippen LogP contribution in [0.1, 0.15) is 62.8 Å². The maximum Gasteiger partial charge on any atom is 0.0586 e. The highest BCUT2D eigenvalue weighted by Crippen LogP contribution is 2.74. The molecule has 0 bridgehead atoms. The molecule has 4 aliphatic rings. The summed E-state index contributed by atoms with van der Waals surface area (Å²) in [5, 5.41) is 2.55. The Morgan fingerprint density at radius 1 is 0.420 bits per heavy atom. The normalized spacial score (nSPS) is 17.2. The van der Waals surface area contributed by atoms with Crippen LogP contribution in [-0.4, -0.2) is 24.0 Å². The van der Waals surface area contributed by atoms with Gasteiger partial charge in [-0.2, -0.15) is 20.1 Å². The summed E-state index contributed by atoms with van der Waals surface area (Å²) >= 11 is 0. The molecular formula is C65H60N2S2. The summed E-state index contributed by atoms with van der Waals surface area (Å²) in [7, 11) is -2.19. The zero-order valence-corrected chi connectivity index (χ0v) is 42.3. The van der Waals surface area contributed by atoms with Gasteiger partial charge in [0.2, 0.25) is 0 Å². The van der Waals surface area contributed by atoms with E-state index in [-0.39, 0.29) is 5.41 Å². The van der Waals surface area contributed by atoms with Gasteiger partial charge in [0.15, 0.2) is 0 Å². The minimum absolute atomic E-state index is 0.149. The third-order valence-corrected chi connectivity index (χ3v) is 22.6. The van der Waals surface area contributed by atoms with Gasteiger partial charge in [0.25, 0.3) is 0 Å². The summed E-state index contributed by atoms with van der Waals surface area (Å²) in [5.74, 6) is 2.60. The second kappa shape index (κ2) is 16.8. The van der Waals surface area contributed by atoms with Crippen LogP contribution in [0.2, 0.25) is 0 Å². The summed E-state index contributed by atoms with van der Waals surface area (Å²) in [4.78, 5) is 11.1. The molecule has 0 aromatic heterocycles. The minimum Gasteiger partial charge on any atom is -0.308 e. The number of fused-ring (bicyclic) bond motifs is 10. The Bertz CT molecular complexity index is 3400. The Morgan fingerprint density at radius 2 is 0.884 bits per heavy atom. The van der Waals surface area contributed by atoms with E-state index < -0.39 is 20.1 Å². The van der Waals surface area contributed by atoms with Crippen molar-refractivity contribution in [3.05, 3.63) is 216 Å².